The number of halogens is 1. The second kappa shape index (κ2) is 4.66. The maximum Gasteiger partial charge on any atom is 0.251 e. The van der Waals surface area contributed by atoms with E-state index < -0.39 is 15.4 Å². The maximum absolute atomic E-state index is 12.0. The third-order valence-corrected chi connectivity index (χ3v) is 5.40. The fourth-order valence-electron chi connectivity index (χ4n) is 2.09. The Balaban J connectivity index is 2.13. The first-order chi connectivity index (χ1) is 8.30. The Hall–Kier alpha value is -0.880. The quantitative estimate of drug-likeness (QED) is 0.898. The third kappa shape index (κ3) is 3.11. The molecule has 1 aliphatic rings. The van der Waals surface area contributed by atoms with E-state index in [9.17, 15) is 13.2 Å². The van der Waals surface area contributed by atoms with Crippen molar-refractivity contribution in [3.8, 4) is 0 Å². The molecular formula is C12H14BrNO3S. The third-order valence-electron chi connectivity index (χ3n) is 3.01. The van der Waals surface area contributed by atoms with Gasteiger partial charge in [0.25, 0.3) is 5.91 Å². The largest absolute Gasteiger partial charge is 0.346 e. The molecule has 0 aromatic heterocycles. The van der Waals surface area contributed by atoms with Gasteiger partial charge >= 0.3 is 0 Å². The molecule has 0 saturated carbocycles. The molecule has 1 atom stereocenters. The monoisotopic (exact) mass is 331 g/mol. The van der Waals surface area contributed by atoms with Gasteiger partial charge in [0.05, 0.1) is 17.0 Å². The van der Waals surface area contributed by atoms with Crippen LogP contribution in [0.1, 0.15) is 23.7 Å². The number of hydrogen-bond acceptors (Lipinski definition) is 3. The van der Waals surface area contributed by atoms with Gasteiger partial charge in [0.1, 0.15) is 0 Å². The van der Waals surface area contributed by atoms with Crippen LogP contribution in [-0.4, -0.2) is 31.4 Å². The van der Waals surface area contributed by atoms with Crippen LogP contribution in [0, 0.1) is 0 Å². The van der Waals surface area contributed by atoms with Gasteiger partial charge in [-0.05, 0) is 31.5 Å². The maximum atomic E-state index is 12.0. The highest BCUT2D eigenvalue weighted by atomic mass is 79.9. The highest BCUT2D eigenvalue weighted by Gasteiger charge is 2.39. The summed E-state index contributed by atoms with van der Waals surface area (Å²) in [7, 11) is -3.01. The van der Waals surface area contributed by atoms with Crippen LogP contribution in [0.25, 0.3) is 0 Å². The molecule has 1 fully saturated rings. The number of hydrogen-bond donors (Lipinski definition) is 1. The molecule has 1 heterocycles. The van der Waals surface area contributed by atoms with Crippen LogP contribution < -0.4 is 5.32 Å². The Kier molecular flexibility index (Phi) is 3.51. The van der Waals surface area contributed by atoms with Gasteiger partial charge in [0.2, 0.25) is 0 Å². The molecule has 1 N–H and O–H groups in total. The van der Waals surface area contributed by atoms with Gasteiger partial charge in [-0.2, -0.15) is 0 Å². The Labute approximate surface area is 115 Å². The summed E-state index contributed by atoms with van der Waals surface area (Å²) in [6.45, 7) is 1.77. The molecule has 0 unspecified atom stereocenters. The van der Waals surface area contributed by atoms with Gasteiger partial charge in [-0.3, -0.25) is 4.79 Å². The smallest absolute Gasteiger partial charge is 0.251 e. The van der Waals surface area contributed by atoms with E-state index in [4.69, 9.17) is 0 Å². The average molecular weight is 332 g/mol. The van der Waals surface area contributed by atoms with Crippen LogP contribution >= 0.6 is 15.9 Å². The molecule has 1 aromatic carbocycles. The second-order valence-electron chi connectivity index (χ2n) is 4.87. The number of benzene rings is 1. The van der Waals surface area contributed by atoms with E-state index in [1.54, 1.807) is 25.1 Å². The minimum absolute atomic E-state index is 0.0136. The number of sulfone groups is 1. The lowest BCUT2D eigenvalue weighted by Crippen LogP contribution is -2.46. The summed E-state index contributed by atoms with van der Waals surface area (Å²) in [5.74, 6) is -0.0851. The normalized spacial score (nSPS) is 25.9. The molecule has 0 radical (unpaired) electrons. The average Bonchev–Trinajstić information content (AvgIpc) is 2.52. The fourth-order valence-corrected chi connectivity index (χ4v) is 4.58. The van der Waals surface area contributed by atoms with Gasteiger partial charge in [-0.25, -0.2) is 8.42 Å². The highest BCUT2D eigenvalue weighted by Crippen LogP contribution is 2.23. The molecular weight excluding hydrogens is 318 g/mol. The topological polar surface area (TPSA) is 63.2 Å². The molecule has 18 heavy (non-hydrogen) atoms. The zero-order valence-electron chi connectivity index (χ0n) is 9.94. The first-order valence-corrected chi connectivity index (χ1v) is 8.20. The van der Waals surface area contributed by atoms with E-state index in [0.29, 0.717) is 12.0 Å². The van der Waals surface area contributed by atoms with Crippen LogP contribution in [-0.2, 0) is 9.84 Å². The first kappa shape index (κ1) is 13.5. The fraction of sp³-hybridized carbons (Fsp3) is 0.417. The van der Waals surface area contributed by atoms with E-state index in [0.717, 1.165) is 4.47 Å². The minimum atomic E-state index is -3.01. The molecule has 0 aliphatic carbocycles. The SMILES string of the molecule is C[C@@]1(NC(=O)c2cccc(Br)c2)CCS(=O)(=O)C1. The zero-order chi connectivity index (χ0) is 13.4. The molecule has 2 rings (SSSR count). The van der Waals surface area contributed by atoms with E-state index >= 15 is 0 Å². The Morgan fingerprint density at radius 2 is 2.17 bits per heavy atom. The summed E-state index contributed by atoms with van der Waals surface area (Å²) in [5, 5.41) is 2.82. The summed E-state index contributed by atoms with van der Waals surface area (Å²) in [6.07, 6.45) is 0.467. The number of nitrogens with one attached hydrogen (secondary N) is 1. The molecule has 4 nitrogen and oxygen atoms in total. The summed E-state index contributed by atoms with van der Waals surface area (Å²) in [4.78, 5) is 12.0. The lowest BCUT2D eigenvalue weighted by atomic mass is 10.0. The number of rotatable bonds is 2. The van der Waals surface area contributed by atoms with Gasteiger partial charge in [0, 0.05) is 10.0 Å². The predicted molar refractivity (Wildman–Crippen MR) is 73.3 cm³/mol. The minimum Gasteiger partial charge on any atom is -0.346 e. The standard InChI is InChI=1S/C12H14BrNO3S/c1-12(5-6-18(16,17)8-12)14-11(15)9-3-2-4-10(13)7-9/h2-4,7H,5-6,8H2,1H3,(H,14,15)/t12-/m1/s1. The zero-order valence-corrected chi connectivity index (χ0v) is 12.3. The lowest BCUT2D eigenvalue weighted by molar-refractivity contribution is 0.0915. The van der Waals surface area contributed by atoms with Crippen LogP contribution in [0.3, 0.4) is 0 Å². The van der Waals surface area contributed by atoms with Gasteiger partial charge < -0.3 is 5.32 Å². The van der Waals surface area contributed by atoms with E-state index in [1.807, 2.05) is 6.07 Å². The Morgan fingerprint density at radius 1 is 1.44 bits per heavy atom. The van der Waals surface area contributed by atoms with E-state index in [1.165, 1.54) is 0 Å². The van der Waals surface area contributed by atoms with Crippen molar-refractivity contribution in [3.63, 3.8) is 0 Å². The van der Waals surface area contributed by atoms with Gasteiger partial charge in [-0.1, -0.05) is 22.0 Å². The summed E-state index contributed by atoms with van der Waals surface area (Å²) >= 11 is 3.30. The number of carbonyl (C=O) groups excluding carboxylic acids is 1. The number of carbonyl (C=O) groups is 1. The molecule has 98 valence electrons. The van der Waals surface area contributed by atoms with Crippen molar-refractivity contribution in [1.82, 2.24) is 5.32 Å². The van der Waals surface area contributed by atoms with Crippen molar-refractivity contribution in [2.75, 3.05) is 11.5 Å². The van der Waals surface area contributed by atoms with Crippen molar-refractivity contribution in [2.45, 2.75) is 18.9 Å². The molecule has 1 aliphatic heterocycles. The predicted octanol–water partition coefficient (Wildman–Crippen LogP) is 1.76. The Morgan fingerprint density at radius 3 is 2.72 bits per heavy atom. The van der Waals surface area contributed by atoms with Crippen molar-refractivity contribution >= 4 is 31.7 Å². The van der Waals surface area contributed by atoms with Gasteiger partial charge in [0.15, 0.2) is 9.84 Å². The molecule has 1 saturated heterocycles. The first-order valence-electron chi connectivity index (χ1n) is 5.58. The van der Waals surface area contributed by atoms with Crippen LogP contribution in [0.5, 0.6) is 0 Å². The second-order valence-corrected chi connectivity index (χ2v) is 7.97. The summed E-state index contributed by atoms with van der Waals surface area (Å²) in [6, 6.07) is 7.01. The van der Waals surface area contributed by atoms with Gasteiger partial charge in [-0.15, -0.1) is 0 Å². The molecule has 0 spiro atoms. The Bertz CT molecular complexity index is 585. The van der Waals surface area contributed by atoms with E-state index in [-0.39, 0.29) is 17.4 Å². The highest BCUT2D eigenvalue weighted by molar-refractivity contribution is 9.10. The molecule has 0 bridgehead atoms. The van der Waals surface area contributed by atoms with Crippen molar-refractivity contribution < 1.29 is 13.2 Å². The molecule has 1 amide bonds. The lowest BCUT2D eigenvalue weighted by Gasteiger charge is -2.23. The molecule has 6 heteroatoms. The van der Waals surface area contributed by atoms with Crippen LogP contribution in [0.2, 0.25) is 0 Å². The van der Waals surface area contributed by atoms with Crippen LogP contribution in [0.4, 0.5) is 0 Å². The molecule has 1 aromatic rings. The summed E-state index contributed by atoms with van der Waals surface area (Å²) < 4.78 is 23.7. The van der Waals surface area contributed by atoms with E-state index in [2.05, 4.69) is 21.2 Å². The van der Waals surface area contributed by atoms with Crippen molar-refractivity contribution in [2.24, 2.45) is 0 Å². The van der Waals surface area contributed by atoms with Crippen molar-refractivity contribution in [3.05, 3.63) is 34.3 Å². The van der Waals surface area contributed by atoms with Crippen molar-refractivity contribution in [1.29, 1.82) is 0 Å². The number of amides is 1. The van der Waals surface area contributed by atoms with Crippen LogP contribution in [0.15, 0.2) is 28.7 Å². The summed E-state index contributed by atoms with van der Waals surface area (Å²) in [5.41, 5.74) is -0.131.